The highest BCUT2D eigenvalue weighted by atomic mass is 32.1. The second-order valence-electron chi connectivity index (χ2n) is 5.77. The van der Waals surface area contributed by atoms with Crippen LogP contribution in [0, 0.1) is 6.92 Å². The molecule has 1 aliphatic heterocycles. The zero-order valence-corrected chi connectivity index (χ0v) is 14.6. The lowest BCUT2D eigenvalue weighted by molar-refractivity contribution is 0.0951. The summed E-state index contributed by atoms with van der Waals surface area (Å²) in [6.07, 6.45) is 1.48. The zero-order valence-electron chi connectivity index (χ0n) is 13.8. The summed E-state index contributed by atoms with van der Waals surface area (Å²) in [4.78, 5) is 24.6. The zero-order chi connectivity index (χ0) is 17.2. The van der Waals surface area contributed by atoms with Gasteiger partial charge >= 0.3 is 0 Å². The molecule has 0 radical (unpaired) electrons. The van der Waals surface area contributed by atoms with E-state index in [-0.39, 0.29) is 5.91 Å². The topological polar surface area (TPSA) is 80.5 Å². The first-order chi connectivity index (χ1) is 12.2. The normalized spacial score (nSPS) is 14.8. The van der Waals surface area contributed by atoms with E-state index in [1.807, 2.05) is 17.5 Å². The molecule has 1 amide bonds. The summed E-state index contributed by atoms with van der Waals surface area (Å²) in [5.41, 5.74) is 0.948. The van der Waals surface area contributed by atoms with E-state index >= 15 is 0 Å². The number of aryl methyl sites for hydroxylation is 1. The van der Waals surface area contributed by atoms with E-state index in [9.17, 15) is 4.79 Å². The number of hydrogen-bond donors (Lipinski definition) is 1. The molecule has 4 heterocycles. The van der Waals surface area contributed by atoms with E-state index < -0.39 is 0 Å². The van der Waals surface area contributed by atoms with Crippen LogP contribution in [0.3, 0.4) is 0 Å². The molecule has 1 aliphatic rings. The highest BCUT2D eigenvalue weighted by molar-refractivity contribution is 7.09. The van der Waals surface area contributed by atoms with Gasteiger partial charge in [0, 0.05) is 18.0 Å². The highest BCUT2D eigenvalue weighted by Crippen LogP contribution is 2.31. The number of thiophene rings is 1. The van der Waals surface area contributed by atoms with E-state index in [2.05, 4.69) is 20.2 Å². The lowest BCUT2D eigenvalue weighted by Crippen LogP contribution is -2.37. The molecule has 0 saturated carbocycles. The van der Waals surface area contributed by atoms with Gasteiger partial charge in [0.1, 0.15) is 17.9 Å². The van der Waals surface area contributed by atoms with Gasteiger partial charge in [-0.15, -0.1) is 11.3 Å². The molecule has 3 aromatic rings. The van der Waals surface area contributed by atoms with E-state index in [1.165, 1.54) is 6.33 Å². The molecule has 0 atom stereocenters. The molecule has 0 aliphatic carbocycles. The largest absolute Gasteiger partial charge is 0.442 e. The summed E-state index contributed by atoms with van der Waals surface area (Å²) in [5.74, 6) is 1.11. The maximum absolute atomic E-state index is 12.8. The van der Waals surface area contributed by atoms with Crippen LogP contribution in [0.2, 0.25) is 0 Å². The maximum atomic E-state index is 12.8. The fourth-order valence-electron chi connectivity index (χ4n) is 2.99. The van der Waals surface area contributed by atoms with Crippen LogP contribution in [0.25, 0.3) is 11.1 Å². The van der Waals surface area contributed by atoms with Gasteiger partial charge in [-0.1, -0.05) is 6.07 Å². The minimum atomic E-state index is -0.172. The van der Waals surface area contributed by atoms with E-state index in [0.717, 1.165) is 23.8 Å². The van der Waals surface area contributed by atoms with Crippen molar-refractivity contribution in [1.29, 1.82) is 0 Å². The first-order valence-electron chi connectivity index (χ1n) is 8.11. The van der Waals surface area contributed by atoms with Crippen LogP contribution in [0.4, 0.5) is 5.82 Å². The number of morpholine rings is 1. The third-order valence-corrected chi connectivity index (χ3v) is 5.06. The Morgan fingerprint density at radius 3 is 2.96 bits per heavy atom. The number of furan rings is 1. The van der Waals surface area contributed by atoms with Crippen LogP contribution in [0.5, 0.6) is 0 Å². The SMILES string of the molecule is Cc1oc2ncnc(N3CCOCC3)c2c1C(=O)NCc1cccs1. The van der Waals surface area contributed by atoms with Gasteiger partial charge in [0.2, 0.25) is 5.71 Å². The Morgan fingerprint density at radius 1 is 1.36 bits per heavy atom. The van der Waals surface area contributed by atoms with Crippen LogP contribution in [-0.4, -0.2) is 42.2 Å². The average Bonchev–Trinajstić information content (AvgIpc) is 3.27. The summed E-state index contributed by atoms with van der Waals surface area (Å²) in [6.45, 7) is 5.01. The summed E-state index contributed by atoms with van der Waals surface area (Å²) in [7, 11) is 0. The molecule has 1 fully saturated rings. The van der Waals surface area contributed by atoms with Gasteiger partial charge in [0.15, 0.2) is 0 Å². The van der Waals surface area contributed by atoms with Crippen molar-refractivity contribution in [2.24, 2.45) is 0 Å². The summed E-state index contributed by atoms with van der Waals surface area (Å²) >= 11 is 1.61. The van der Waals surface area contributed by atoms with E-state index in [0.29, 0.717) is 42.2 Å². The van der Waals surface area contributed by atoms with E-state index in [4.69, 9.17) is 9.15 Å². The Kier molecular flexibility index (Phi) is 4.37. The maximum Gasteiger partial charge on any atom is 0.255 e. The molecular formula is C17H18N4O3S. The van der Waals surface area contributed by atoms with Crippen LogP contribution >= 0.6 is 11.3 Å². The Hall–Kier alpha value is -2.45. The van der Waals surface area contributed by atoms with Crippen LogP contribution < -0.4 is 10.2 Å². The second kappa shape index (κ2) is 6.81. The molecule has 130 valence electrons. The number of ether oxygens (including phenoxy) is 1. The molecule has 1 saturated heterocycles. The molecule has 0 aromatic carbocycles. The molecule has 25 heavy (non-hydrogen) atoms. The van der Waals surface area contributed by atoms with E-state index in [1.54, 1.807) is 18.3 Å². The van der Waals surface area contributed by atoms with Gasteiger partial charge < -0.3 is 19.4 Å². The first kappa shape index (κ1) is 16.0. The van der Waals surface area contributed by atoms with Gasteiger partial charge in [0.05, 0.1) is 30.7 Å². The molecule has 8 heteroatoms. The number of aromatic nitrogens is 2. The fraction of sp³-hybridized carbons (Fsp3) is 0.353. The molecule has 7 nitrogen and oxygen atoms in total. The lowest BCUT2D eigenvalue weighted by Gasteiger charge is -2.28. The minimum Gasteiger partial charge on any atom is -0.442 e. The monoisotopic (exact) mass is 358 g/mol. The molecule has 4 rings (SSSR count). The van der Waals surface area contributed by atoms with Crippen LogP contribution in [-0.2, 0) is 11.3 Å². The number of carbonyl (C=O) groups excluding carboxylic acids is 1. The Labute approximate surface area is 148 Å². The van der Waals surface area contributed by atoms with Gasteiger partial charge in [0.25, 0.3) is 5.91 Å². The first-order valence-corrected chi connectivity index (χ1v) is 8.99. The number of amides is 1. The third-order valence-electron chi connectivity index (χ3n) is 4.19. The molecule has 3 aromatic heterocycles. The number of rotatable bonds is 4. The highest BCUT2D eigenvalue weighted by Gasteiger charge is 2.25. The number of hydrogen-bond acceptors (Lipinski definition) is 7. The van der Waals surface area contributed by atoms with Gasteiger partial charge in [-0.05, 0) is 18.4 Å². The predicted molar refractivity (Wildman–Crippen MR) is 95.1 cm³/mol. The minimum absolute atomic E-state index is 0.172. The number of nitrogens with one attached hydrogen (secondary N) is 1. The van der Waals surface area contributed by atoms with Gasteiger partial charge in [-0.3, -0.25) is 4.79 Å². The van der Waals surface area contributed by atoms with Crippen molar-refractivity contribution in [3.63, 3.8) is 0 Å². The third kappa shape index (κ3) is 3.10. The summed E-state index contributed by atoms with van der Waals surface area (Å²) in [5, 5.41) is 5.63. The standard InChI is InChI=1S/C17H18N4O3S/c1-11-13(16(22)18-9-12-3-2-8-25-12)14-15(19-10-20-17(14)24-11)21-4-6-23-7-5-21/h2-3,8,10H,4-7,9H2,1H3,(H,18,22). The van der Waals surface area contributed by atoms with Crippen molar-refractivity contribution >= 4 is 34.2 Å². The van der Waals surface area contributed by atoms with Crippen molar-refractivity contribution in [1.82, 2.24) is 15.3 Å². The number of anilines is 1. The van der Waals surface area contributed by atoms with Gasteiger partial charge in [-0.2, -0.15) is 0 Å². The molecule has 0 unspecified atom stereocenters. The van der Waals surface area contributed by atoms with Crippen LogP contribution in [0.1, 0.15) is 21.0 Å². The van der Waals surface area contributed by atoms with Crippen molar-refractivity contribution in [3.8, 4) is 0 Å². The number of carbonyl (C=O) groups is 1. The second-order valence-corrected chi connectivity index (χ2v) is 6.80. The number of nitrogens with zero attached hydrogens (tertiary/aromatic N) is 3. The lowest BCUT2D eigenvalue weighted by atomic mass is 10.1. The van der Waals surface area contributed by atoms with Crippen molar-refractivity contribution in [2.45, 2.75) is 13.5 Å². The Morgan fingerprint density at radius 2 is 2.20 bits per heavy atom. The Bertz CT molecular complexity index is 885. The van der Waals surface area contributed by atoms with Gasteiger partial charge in [-0.25, -0.2) is 9.97 Å². The molecular weight excluding hydrogens is 340 g/mol. The molecule has 1 N–H and O–H groups in total. The molecule has 0 bridgehead atoms. The molecule has 0 spiro atoms. The summed E-state index contributed by atoms with van der Waals surface area (Å²) < 4.78 is 11.1. The van der Waals surface area contributed by atoms with Crippen molar-refractivity contribution < 1.29 is 13.9 Å². The predicted octanol–water partition coefficient (Wildman–Crippen LogP) is 2.36. The van der Waals surface area contributed by atoms with Crippen molar-refractivity contribution in [3.05, 3.63) is 40.0 Å². The van der Waals surface area contributed by atoms with Crippen LogP contribution in [0.15, 0.2) is 28.3 Å². The average molecular weight is 358 g/mol. The smallest absolute Gasteiger partial charge is 0.255 e. The summed E-state index contributed by atoms with van der Waals surface area (Å²) in [6, 6.07) is 3.96. The quantitative estimate of drug-likeness (QED) is 0.771. The van der Waals surface area contributed by atoms with Crippen molar-refractivity contribution in [2.75, 3.05) is 31.2 Å². The number of fused-ring (bicyclic) bond motifs is 1. The fourth-order valence-corrected chi connectivity index (χ4v) is 3.63. The Balaban J connectivity index is 1.69.